The van der Waals surface area contributed by atoms with Crippen molar-refractivity contribution in [1.29, 1.82) is 0 Å². The van der Waals surface area contributed by atoms with Gasteiger partial charge in [0, 0.05) is 5.56 Å². The third-order valence-corrected chi connectivity index (χ3v) is 6.56. The molecule has 0 spiro atoms. The molecule has 3 amide bonds. The minimum atomic E-state index is -0.622. The first-order chi connectivity index (χ1) is 15.9. The summed E-state index contributed by atoms with van der Waals surface area (Å²) < 4.78 is 1.10. The molecule has 8 heteroatoms. The highest BCUT2D eigenvalue weighted by molar-refractivity contribution is 6.08. The molecule has 1 aromatic heterocycles. The number of amides is 3. The lowest BCUT2D eigenvalue weighted by atomic mass is 9.81. The minimum Gasteiger partial charge on any atom is -0.274 e. The van der Waals surface area contributed by atoms with Gasteiger partial charge < -0.3 is 0 Å². The molecule has 1 saturated carbocycles. The fraction of sp³-hybridized carbons (Fsp3) is 0.320. The van der Waals surface area contributed by atoms with Crippen molar-refractivity contribution in [3.05, 3.63) is 64.4 Å². The highest BCUT2D eigenvalue weighted by Gasteiger charge is 2.48. The van der Waals surface area contributed by atoms with Gasteiger partial charge in [0.25, 0.3) is 11.5 Å². The van der Waals surface area contributed by atoms with Gasteiger partial charge in [-0.25, -0.2) is 4.98 Å². The zero-order valence-electron chi connectivity index (χ0n) is 18.3. The second kappa shape index (κ2) is 8.27. The maximum atomic E-state index is 13.3. The Kier molecular flexibility index (Phi) is 5.28. The first-order valence-electron chi connectivity index (χ1n) is 11.2. The van der Waals surface area contributed by atoms with Gasteiger partial charge in [0.05, 0.1) is 22.7 Å². The number of nitrogens with zero attached hydrogens (tertiary/aromatic N) is 3. The van der Waals surface area contributed by atoms with Crippen LogP contribution in [0.1, 0.15) is 31.2 Å². The van der Waals surface area contributed by atoms with E-state index in [2.05, 4.69) is 10.4 Å². The standard InChI is InChI=1S/C25H24N4O4/c1-15-10-12-16(13-11-15)22-26-20-9-5-4-8-19(20)25(33)29(22)27-21(30)14-28-23(31)17-6-2-3-7-18(17)24(28)32/h4-5,8-13,17-18H,2-3,6-7,14H2,1H3,(H,27,30)/t17-,18+. The summed E-state index contributed by atoms with van der Waals surface area (Å²) in [7, 11) is 0. The zero-order chi connectivity index (χ0) is 23.1. The molecule has 3 aromatic rings. The van der Waals surface area contributed by atoms with E-state index < -0.39 is 18.0 Å². The summed E-state index contributed by atoms with van der Waals surface area (Å²) in [6, 6.07) is 14.3. The van der Waals surface area contributed by atoms with Gasteiger partial charge in [-0.2, -0.15) is 4.68 Å². The lowest BCUT2D eigenvalue weighted by Crippen LogP contribution is -2.43. The van der Waals surface area contributed by atoms with Crippen LogP contribution in [0.5, 0.6) is 0 Å². The van der Waals surface area contributed by atoms with E-state index >= 15 is 0 Å². The number of nitrogens with one attached hydrogen (secondary N) is 1. The molecule has 2 heterocycles. The van der Waals surface area contributed by atoms with Crippen LogP contribution < -0.4 is 11.0 Å². The largest absolute Gasteiger partial charge is 0.280 e. The van der Waals surface area contributed by atoms with E-state index in [0.29, 0.717) is 29.3 Å². The summed E-state index contributed by atoms with van der Waals surface area (Å²) in [6.45, 7) is 1.53. The summed E-state index contributed by atoms with van der Waals surface area (Å²) in [6.07, 6.45) is 3.19. The Bertz CT molecular complexity index is 1300. The smallest absolute Gasteiger partial charge is 0.274 e. The van der Waals surface area contributed by atoms with Crippen LogP contribution in [0.4, 0.5) is 0 Å². The summed E-state index contributed by atoms with van der Waals surface area (Å²) in [5.74, 6) is -1.58. The number of imide groups is 1. The highest BCUT2D eigenvalue weighted by Crippen LogP contribution is 2.37. The number of carbonyl (C=O) groups is 3. The molecule has 0 unspecified atom stereocenters. The summed E-state index contributed by atoms with van der Waals surface area (Å²) in [5.41, 5.74) is 4.37. The Labute approximate surface area is 190 Å². The van der Waals surface area contributed by atoms with Crippen LogP contribution in [-0.2, 0) is 14.4 Å². The Morgan fingerprint density at radius 2 is 1.61 bits per heavy atom. The van der Waals surface area contributed by atoms with Crippen molar-refractivity contribution in [2.75, 3.05) is 12.0 Å². The van der Waals surface area contributed by atoms with Gasteiger partial charge in [0.2, 0.25) is 11.8 Å². The van der Waals surface area contributed by atoms with E-state index in [1.165, 1.54) is 0 Å². The van der Waals surface area contributed by atoms with Crippen molar-refractivity contribution < 1.29 is 14.4 Å². The molecule has 0 radical (unpaired) electrons. The van der Waals surface area contributed by atoms with Crippen molar-refractivity contribution >= 4 is 28.6 Å². The van der Waals surface area contributed by atoms with E-state index in [-0.39, 0.29) is 29.5 Å². The molecule has 1 aliphatic heterocycles. The van der Waals surface area contributed by atoms with Gasteiger partial charge in [-0.1, -0.05) is 54.8 Å². The molecule has 2 atom stereocenters. The van der Waals surface area contributed by atoms with Gasteiger partial charge in [-0.3, -0.25) is 29.5 Å². The molecule has 2 aliphatic rings. The number of aryl methyl sites for hydroxylation is 1. The molecule has 1 aliphatic carbocycles. The fourth-order valence-electron chi connectivity index (χ4n) is 4.82. The second-order valence-electron chi connectivity index (χ2n) is 8.75. The van der Waals surface area contributed by atoms with Crippen LogP contribution in [0.3, 0.4) is 0 Å². The monoisotopic (exact) mass is 444 g/mol. The van der Waals surface area contributed by atoms with E-state index in [0.717, 1.165) is 28.0 Å². The fourth-order valence-corrected chi connectivity index (χ4v) is 4.82. The van der Waals surface area contributed by atoms with Gasteiger partial charge in [0.15, 0.2) is 5.82 Å². The van der Waals surface area contributed by atoms with Crippen molar-refractivity contribution in [3.63, 3.8) is 0 Å². The molecular weight excluding hydrogens is 420 g/mol. The summed E-state index contributed by atoms with van der Waals surface area (Å²) in [5, 5.41) is 0.355. The topological polar surface area (TPSA) is 101 Å². The number of hydrogen-bond acceptors (Lipinski definition) is 5. The first kappa shape index (κ1) is 21.1. The van der Waals surface area contributed by atoms with Crippen LogP contribution in [0.2, 0.25) is 0 Å². The van der Waals surface area contributed by atoms with Gasteiger partial charge in [-0.05, 0) is 31.9 Å². The SMILES string of the molecule is Cc1ccc(-c2nc3ccccc3c(=O)n2NC(=O)CN2C(=O)[C@H]3CCCC[C@H]3C2=O)cc1. The lowest BCUT2D eigenvalue weighted by molar-refractivity contribution is -0.142. The number of carbonyl (C=O) groups excluding carboxylic acids is 3. The predicted octanol–water partition coefficient (Wildman–Crippen LogP) is 2.62. The molecule has 2 aromatic carbocycles. The van der Waals surface area contributed by atoms with E-state index in [1.54, 1.807) is 24.3 Å². The van der Waals surface area contributed by atoms with E-state index in [1.807, 2.05) is 31.2 Å². The van der Waals surface area contributed by atoms with Crippen LogP contribution in [-0.4, -0.2) is 38.8 Å². The van der Waals surface area contributed by atoms with Crippen molar-refractivity contribution in [3.8, 4) is 11.4 Å². The van der Waals surface area contributed by atoms with Crippen molar-refractivity contribution in [1.82, 2.24) is 14.6 Å². The van der Waals surface area contributed by atoms with Crippen molar-refractivity contribution in [2.24, 2.45) is 11.8 Å². The highest BCUT2D eigenvalue weighted by atomic mass is 16.2. The number of benzene rings is 2. The van der Waals surface area contributed by atoms with E-state index in [4.69, 9.17) is 0 Å². The Balaban J connectivity index is 1.48. The van der Waals surface area contributed by atoms with Gasteiger partial charge in [0.1, 0.15) is 6.54 Å². The van der Waals surface area contributed by atoms with Gasteiger partial charge >= 0.3 is 0 Å². The summed E-state index contributed by atoms with van der Waals surface area (Å²) >= 11 is 0. The van der Waals surface area contributed by atoms with Crippen LogP contribution >= 0.6 is 0 Å². The van der Waals surface area contributed by atoms with Crippen LogP contribution in [0.25, 0.3) is 22.3 Å². The molecule has 2 fully saturated rings. The predicted molar refractivity (Wildman–Crippen MR) is 123 cm³/mol. The maximum absolute atomic E-state index is 13.3. The maximum Gasteiger partial charge on any atom is 0.280 e. The third-order valence-electron chi connectivity index (χ3n) is 6.56. The van der Waals surface area contributed by atoms with Gasteiger partial charge in [-0.15, -0.1) is 0 Å². The molecular formula is C25H24N4O4. The first-order valence-corrected chi connectivity index (χ1v) is 11.2. The number of rotatable bonds is 4. The third kappa shape index (κ3) is 3.71. The molecule has 5 rings (SSSR count). The number of likely N-dealkylation sites (tertiary alicyclic amines) is 1. The molecule has 0 bridgehead atoms. The number of fused-ring (bicyclic) bond motifs is 2. The Morgan fingerprint density at radius 1 is 0.970 bits per heavy atom. The van der Waals surface area contributed by atoms with Crippen LogP contribution in [0.15, 0.2) is 53.3 Å². The second-order valence-corrected chi connectivity index (χ2v) is 8.75. The summed E-state index contributed by atoms with van der Waals surface area (Å²) in [4.78, 5) is 57.3. The van der Waals surface area contributed by atoms with E-state index in [9.17, 15) is 19.2 Å². The number of hydrogen-bond donors (Lipinski definition) is 1. The van der Waals surface area contributed by atoms with Crippen molar-refractivity contribution in [2.45, 2.75) is 32.6 Å². The normalized spacial score (nSPS) is 20.2. The Hall–Kier alpha value is -3.81. The molecule has 168 valence electrons. The molecule has 8 nitrogen and oxygen atoms in total. The average Bonchev–Trinajstić information content (AvgIpc) is 3.06. The number of para-hydroxylation sites is 1. The molecule has 1 N–H and O–H groups in total. The molecule has 1 saturated heterocycles. The Morgan fingerprint density at radius 3 is 2.27 bits per heavy atom. The minimum absolute atomic E-state index is 0.278. The molecule has 33 heavy (non-hydrogen) atoms. The van der Waals surface area contributed by atoms with Crippen LogP contribution in [0, 0.1) is 18.8 Å². The lowest BCUT2D eigenvalue weighted by Gasteiger charge is -2.19. The quantitative estimate of drug-likeness (QED) is 0.624. The average molecular weight is 444 g/mol. The number of aromatic nitrogens is 2. The zero-order valence-corrected chi connectivity index (χ0v) is 18.3.